The number of nitrogens with zero attached hydrogens (tertiary/aromatic N) is 1. The molecule has 0 aliphatic heterocycles. The van der Waals surface area contributed by atoms with Gasteiger partial charge >= 0.3 is 0 Å². The van der Waals surface area contributed by atoms with E-state index in [0.717, 1.165) is 126 Å². The predicted octanol–water partition coefficient (Wildman–Crippen LogP) is 12.9. The maximum absolute atomic E-state index is 12.5. The topological polar surface area (TPSA) is 145 Å². The zero-order chi connectivity index (χ0) is 51.4. The molecule has 0 aromatic heterocycles. The molecule has 0 spiro atoms. The smallest absolute Gasteiger partial charge is 0.155 e. The number of allylic oxidation sites excluding steroid dienone is 4. The summed E-state index contributed by atoms with van der Waals surface area (Å²) in [4.78, 5) is 53.8. The van der Waals surface area contributed by atoms with Gasteiger partial charge in [-0.05, 0) is 228 Å². The second-order valence-electron chi connectivity index (χ2n) is 27.1. The van der Waals surface area contributed by atoms with Crippen LogP contribution in [0.5, 0.6) is 0 Å². The molecule has 9 saturated carbocycles. The molecule has 16 atom stereocenters. The second-order valence-corrected chi connectivity index (χ2v) is 27.1. The molecule has 0 amide bonds. The van der Waals surface area contributed by atoms with E-state index in [1.54, 1.807) is 12.7 Å². The van der Waals surface area contributed by atoms with E-state index in [2.05, 4.69) is 64.4 Å². The first kappa shape index (κ1) is 54.1. The van der Waals surface area contributed by atoms with E-state index in [1.165, 1.54) is 75.4 Å². The number of carbonyl (C=O) groups excluding carboxylic acids is 4. The van der Waals surface area contributed by atoms with Crippen LogP contribution in [0.3, 0.4) is 0 Å². The zero-order valence-corrected chi connectivity index (χ0v) is 46.2. The first-order valence-electron chi connectivity index (χ1n) is 29.6. The summed E-state index contributed by atoms with van der Waals surface area (Å²) in [5.41, 5.74) is 11.6. The lowest BCUT2D eigenvalue weighted by Gasteiger charge is -2.57. The third kappa shape index (κ3) is 9.29. The van der Waals surface area contributed by atoms with Crippen LogP contribution >= 0.6 is 0 Å². The standard InChI is InChI=1S/C22H33NO2.C19H28O2.C19H26O2.C3H9NO/c1-4-13-25-23-16-9-11-21(2)15(14-16)5-6-17-18-7-8-20(24)22(18,3)12-10-19(17)21;2*1-18-9-7-13(20)11-12(18)3-4-14-15-5-6-17(21)19(15,2)10-8-16(14)18;1-5-3-2-4/h14,17-19H,4-13H2,1-3H3;11,14-17,21H,3-10H2,1-2H3;11,14-16H,3-10H2,1-2H3;2-4H2,1H3/t17?,18?,19?,21-,22-;14?,15?,16?,17-,18-,19-;14?,15?,16?,18-,19-;/m000./s1. The van der Waals surface area contributed by atoms with Crippen molar-refractivity contribution in [3.8, 4) is 0 Å². The van der Waals surface area contributed by atoms with E-state index >= 15 is 0 Å². The number of ether oxygens (including phenoxy) is 1. The number of fused-ring (bicyclic) bond motifs is 15. The van der Waals surface area contributed by atoms with Crippen molar-refractivity contribution in [3.63, 3.8) is 0 Å². The molecule has 12 aliphatic carbocycles. The molecule has 0 radical (unpaired) electrons. The van der Waals surface area contributed by atoms with E-state index in [9.17, 15) is 24.3 Å². The summed E-state index contributed by atoms with van der Waals surface area (Å²) in [6.07, 6.45) is 33.3. The minimum absolute atomic E-state index is 0.00593. The summed E-state index contributed by atoms with van der Waals surface area (Å²) in [6.45, 7) is 18.3. The molecule has 0 saturated heterocycles. The molecule has 0 heterocycles. The minimum atomic E-state index is -0.0823. The Morgan fingerprint density at radius 1 is 0.514 bits per heavy atom. The van der Waals surface area contributed by atoms with Crippen LogP contribution in [-0.4, -0.2) is 66.9 Å². The molecule has 0 bridgehead atoms. The maximum Gasteiger partial charge on any atom is 0.155 e. The number of aliphatic hydroxyl groups is 1. The number of aliphatic hydroxyl groups excluding tert-OH is 1. The fourth-order valence-corrected chi connectivity index (χ4v) is 19.6. The van der Waals surface area contributed by atoms with E-state index in [-0.39, 0.29) is 33.2 Å². The summed E-state index contributed by atoms with van der Waals surface area (Å²) >= 11 is 0. The normalized spacial score (nSPS) is 45.9. The highest BCUT2D eigenvalue weighted by molar-refractivity contribution is 5.96. The lowest BCUT2D eigenvalue weighted by Crippen LogP contribution is -2.51. The molecule has 12 rings (SSSR count). The highest BCUT2D eigenvalue weighted by Gasteiger charge is 2.62. The molecule has 9 nitrogen and oxygen atoms in total. The summed E-state index contributed by atoms with van der Waals surface area (Å²) in [5, 5.41) is 14.8. The van der Waals surface area contributed by atoms with Crippen LogP contribution in [0.25, 0.3) is 0 Å². The average Bonchev–Trinajstić information content (AvgIpc) is 3.97. The summed E-state index contributed by atoms with van der Waals surface area (Å²) in [5.74, 6) is 8.16. The number of hydrogen-bond donors (Lipinski definition) is 2. The van der Waals surface area contributed by atoms with Crippen molar-refractivity contribution in [3.05, 3.63) is 34.9 Å². The van der Waals surface area contributed by atoms with Crippen LogP contribution in [0.2, 0.25) is 0 Å². The van der Waals surface area contributed by atoms with Crippen molar-refractivity contribution in [2.24, 2.45) is 96.6 Å². The van der Waals surface area contributed by atoms with Crippen LogP contribution in [0.4, 0.5) is 0 Å². The molecular formula is C63H96N2O7. The first-order chi connectivity index (χ1) is 34.3. The molecule has 12 aliphatic rings. The Kier molecular flexibility index (Phi) is 15.8. The summed E-state index contributed by atoms with van der Waals surface area (Å²) < 4.78 is 4.57. The molecular weight excluding hydrogens is 897 g/mol. The highest BCUT2D eigenvalue weighted by Crippen LogP contribution is 2.68. The number of Topliss-reactive ketones (excluding diaryl/α,β-unsaturated/α-hetero) is 2. The molecule has 0 aromatic rings. The quantitative estimate of drug-likeness (QED) is 0.205. The third-order valence-corrected chi connectivity index (χ3v) is 24.1. The zero-order valence-electron chi connectivity index (χ0n) is 46.2. The average molecular weight is 993 g/mol. The van der Waals surface area contributed by atoms with Crippen molar-refractivity contribution in [2.75, 3.05) is 26.9 Å². The number of oxime groups is 1. The Labute approximate surface area is 434 Å². The van der Waals surface area contributed by atoms with E-state index in [0.29, 0.717) is 77.9 Å². The van der Waals surface area contributed by atoms with Gasteiger partial charge in [0.15, 0.2) is 11.6 Å². The number of hydrogen-bond acceptors (Lipinski definition) is 9. The maximum atomic E-state index is 12.5. The van der Waals surface area contributed by atoms with E-state index in [4.69, 9.17) is 10.6 Å². The van der Waals surface area contributed by atoms with Gasteiger partial charge in [0.05, 0.1) is 18.4 Å². The molecule has 0 aromatic carbocycles. The number of ketones is 4. The Hall–Kier alpha value is -2.75. The van der Waals surface area contributed by atoms with Crippen molar-refractivity contribution >= 4 is 28.8 Å². The summed E-state index contributed by atoms with van der Waals surface area (Å²) in [6, 6.07) is 0. The number of methoxy groups -OCH3 is 1. The van der Waals surface area contributed by atoms with Crippen molar-refractivity contribution in [2.45, 2.75) is 215 Å². The van der Waals surface area contributed by atoms with Crippen LogP contribution in [0, 0.1) is 85.8 Å². The Morgan fingerprint density at radius 3 is 1.42 bits per heavy atom. The predicted molar refractivity (Wildman–Crippen MR) is 286 cm³/mol. The van der Waals surface area contributed by atoms with Crippen molar-refractivity contribution < 1.29 is 33.9 Å². The third-order valence-electron chi connectivity index (χ3n) is 24.1. The van der Waals surface area contributed by atoms with Gasteiger partial charge in [-0.15, -0.1) is 0 Å². The minimum Gasteiger partial charge on any atom is -0.396 e. The monoisotopic (exact) mass is 993 g/mol. The van der Waals surface area contributed by atoms with E-state index < -0.39 is 0 Å². The Morgan fingerprint density at radius 2 is 0.958 bits per heavy atom. The number of carbonyl (C=O) groups is 4. The molecule has 72 heavy (non-hydrogen) atoms. The Bertz CT molecular complexity index is 2210. The van der Waals surface area contributed by atoms with Gasteiger partial charge in [-0.25, -0.2) is 0 Å². The van der Waals surface area contributed by atoms with Gasteiger partial charge in [0, 0.05) is 50.2 Å². The molecule has 9 unspecified atom stereocenters. The van der Waals surface area contributed by atoms with Crippen LogP contribution in [-0.2, 0) is 28.8 Å². The SMILES string of the molecule is CCCON=C1C=C2CCC3C(CC[C@]4(C)C(=O)CCC34)[C@@]2(C)CC1.COCCN.C[C@]12CCC(=O)C=C1CCC1C2CC[C@@]2(C)C1CC[C@@H]2O.C[C@]12CCC(=O)C=C1CCC1C2CC[C@]2(C)C(=O)CCC12. The van der Waals surface area contributed by atoms with Gasteiger partial charge in [-0.3, -0.25) is 19.2 Å². The van der Waals surface area contributed by atoms with Gasteiger partial charge in [-0.1, -0.05) is 70.3 Å². The van der Waals surface area contributed by atoms with Crippen LogP contribution in [0.15, 0.2) is 40.1 Å². The lowest BCUT2D eigenvalue weighted by molar-refractivity contribution is -0.133. The van der Waals surface area contributed by atoms with Gasteiger partial charge in [0.2, 0.25) is 0 Å². The fourth-order valence-electron chi connectivity index (χ4n) is 19.6. The van der Waals surface area contributed by atoms with Gasteiger partial charge < -0.3 is 20.4 Å². The van der Waals surface area contributed by atoms with Gasteiger partial charge in [-0.2, -0.15) is 0 Å². The van der Waals surface area contributed by atoms with Crippen molar-refractivity contribution in [1.29, 1.82) is 0 Å². The van der Waals surface area contributed by atoms with Gasteiger partial charge in [0.25, 0.3) is 0 Å². The van der Waals surface area contributed by atoms with Gasteiger partial charge in [0.1, 0.15) is 18.2 Å². The highest BCUT2D eigenvalue weighted by atomic mass is 16.6. The van der Waals surface area contributed by atoms with Crippen LogP contribution in [0.1, 0.15) is 209 Å². The molecule has 9 heteroatoms. The fraction of sp³-hybridized carbons (Fsp3) is 0.825. The molecule has 400 valence electrons. The number of nitrogens with two attached hydrogens (primary N) is 1. The summed E-state index contributed by atoms with van der Waals surface area (Å²) in [7, 11) is 1.63. The number of rotatable bonds is 5. The van der Waals surface area contributed by atoms with E-state index in [1.807, 2.05) is 12.2 Å². The first-order valence-corrected chi connectivity index (χ1v) is 29.6. The Balaban J connectivity index is 0.000000128. The molecule has 9 fully saturated rings. The lowest BCUT2D eigenvalue weighted by atomic mass is 9.47. The largest absolute Gasteiger partial charge is 0.396 e. The second kappa shape index (κ2) is 21.0. The van der Waals surface area contributed by atoms with Crippen molar-refractivity contribution in [1.82, 2.24) is 0 Å². The molecule has 3 N–H and O–H groups in total. The van der Waals surface area contributed by atoms with Crippen LogP contribution < -0.4 is 5.73 Å².